The topological polar surface area (TPSA) is 46.6 Å². The van der Waals surface area contributed by atoms with E-state index < -0.39 is 0 Å². The molecule has 0 saturated carbocycles. The van der Waals surface area contributed by atoms with Gasteiger partial charge in [0, 0.05) is 20.0 Å². The van der Waals surface area contributed by atoms with Gasteiger partial charge < -0.3 is 9.64 Å². The van der Waals surface area contributed by atoms with E-state index in [1.807, 2.05) is 19.1 Å². The van der Waals surface area contributed by atoms with Crippen LogP contribution in [0, 0.1) is 0 Å². The Bertz CT molecular complexity index is 412. The van der Waals surface area contributed by atoms with Gasteiger partial charge in [-0.2, -0.15) is 0 Å². The average molecular weight is 249 g/mol. The van der Waals surface area contributed by atoms with E-state index in [-0.39, 0.29) is 11.9 Å². The predicted molar refractivity (Wildman–Crippen MR) is 69.4 cm³/mol. The van der Waals surface area contributed by atoms with Crippen molar-refractivity contribution in [2.45, 2.75) is 20.3 Å². The Morgan fingerprint density at radius 2 is 1.83 bits per heavy atom. The van der Waals surface area contributed by atoms with Gasteiger partial charge in [0.05, 0.1) is 12.7 Å². The fourth-order valence-electron chi connectivity index (χ4n) is 1.73. The lowest BCUT2D eigenvalue weighted by Gasteiger charge is -2.18. The highest BCUT2D eigenvalue weighted by molar-refractivity contribution is 5.89. The lowest BCUT2D eigenvalue weighted by atomic mass is 10.1. The number of amides is 1. The molecule has 0 N–H and O–H groups in total. The third-order valence-electron chi connectivity index (χ3n) is 2.87. The second-order valence-corrected chi connectivity index (χ2v) is 4.04. The molecule has 4 heteroatoms. The Kier molecular flexibility index (Phi) is 5.36. The van der Waals surface area contributed by atoms with Gasteiger partial charge in [-0.25, -0.2) is 4.79 Å². The van der Waals surface area contributed by atoms with Crippen LogP contribution in [0.3, 0.4) is 0 Å². The van der Waals surface area contributed by atoms with Crippen molar-refractivity contribution in [3.05, 3.63) is 35.4 Å². The minimum absolute atomic E-state index is 0.0867. The quantitative estimate of drug-likeness (QED) is 0.749. The Morgan fingerprint density at radius 3 is 2.28 bits per heavy atom. The van der Waals surface area contributed by atoms with Gasteiger partial charge in [0.2, 0.25) is 5.91 Å². The number of carbonyl (C=O) groups is 2. The van der Waals surface area contributed by atoms with Gasteiger partial charge in [-0.05, 0) is 31.0 Å². The molecule has 0 fully saturated rings. The Morgan fingerprint density at radius 1 is 1.22 bits per heavy atom. The SMILES string of the molecule is CCN(CCc1ccc(C(=O)OC)cc1)C(C)=O. The number of hydrogen-bond donors (Lipinski definition) is 0. The van der Waals surface area contributed by atoms with Crippen LogP contribution in [0.4, 0.5) is 0 Å². The standard InChI is InChI=1S/C14H19NO3/c1-4-15(11(2)16)10-9-12-5-7-13(8-6-12)14(17)18-3/h5-8H,4,9-10H2,1-3H3. The van der Waals surface area contributed by atoms with Gasteiger partial charge in [0.1, 0.15) is 0 Å². The van der Waals surface area contributed by atoms with Crippen LogP contribution < -0.4 is 0 Å². The van der Waals surface area contributed by atoms with Gasteiger partial charge in [-0.1, -0.05) is 12.1 Å². The van der Waals surface area contributed by atoms with Crippen molar-refractivity contribution >= 4 is 11.9 Å². The van der Waals surface area contributed by atoms with E-state index in [1.54, 1.807) is 24.0 Å². The maximum Gasteiger partial charge on any atom is 0.337 e. The van der Waals surface area contributed by atoms with Crippen LogP contribution in [0.15, 0.2) is 24.3 Å². The molecule has 0 aromatic heterocycles. The highest BCUT2D eigenvalue weighted by atomic mass is 16.5. The molecular formula is C14H19NO3. The molecule has 1 aromatic carbocycles. The largest absolute Gasteiger partial charge is 0.465 e. The Balaban J connectivity index is 2.58. The van der Waals surface area contributed by atoms with E-state index in [0.29, 0.717) is 12.1 Å². The maximum absolute atomic E-state index is 11.3. The molecule has 0 unspecified atom stereocenters. The summed E-state index contributed by atoms with van der Waals surface area (Å²) in [6, 6.07) is 7.26. The molecule has 0 saturated heterocycles. The third-order valence-corrected chi connectivity index (χ3v) is 2.87. The van der Waals surface area contributed by atoms with Crippen molar-refractivity contribution in [3.8, 4) is 0 Å². The summed E-state index contributed by atoms with van der Waals surface area (Å²) >= 11 is 0. The summed E-state index contributed by atoms with van der Waals surface area (Å²) in [5.74, 6) is -0.246. The molecule has 0 radical (unpaired) electrons. The van der Waals surface area contributed by atoms with Crippen molar-refractivity contribution in [2.75, 3.05) is 20.2 Å². The molecule has 1 amide bonds. The zero-order valence-electron chi connectivity index (χ0n) is 11.1. The van der Waals surface area contributed by atoms with Crippen LogP contribution in [0.5, 0.6) is 0 Å². The average Bonchev–Trinajstić information content (AvgIpc) is 2.39. The molecule has 0 heterocycles. The molecule has 0 bridgehead atoms. The fourth-order valence-corrected chi connectivity index (χ4v) is 1.73. The highest BCUT2D eigenvalue weighted by Crippen LogP contribution is 2.07. The fraction of sp³-hybridized carbons (Fsp3) is 0.429. The maximum atomic E-state index is 11.3. The highest BCUT2D eigenvalue weighted by Gasteiger charge is 2.07. The van der Waals surface area contributed by atoms with E-state index in [0.717, 1.165) is 18.5 Å². The van der Waals surface area contributed by atoms with Crippen LogP contribution in [-0.2, 0) is 16.0 Å². The normalized spacial score (nSPS) is 9.94. The van der Waals surface area contributed by atoms with Crippen LogP contribution in [-0.4, -0.2) is 37.0 Å². The summed E-state index contributed by atoms with van der Waals surface area (Å²) in [7, 11) is 1.36. The predicted octanol–water partition coefficient (Wildman–Crippen LogP) is 1.88. The third kappa shape index (κ3) is 3.87. The first kappa shape index (κ1) is 14.2. The number of hydrogen-bond acceptors (Lipinski definition) is 3. The van der Waals surface area contributed by atoms with E-state index in [9.17, 15) is 9.59 Å². The number of ether oxygens (including phenoxy) is 1. The van der Waals surface area contributed by atoms with Gasteiger partial charge in [-0.3, -0.25) is 4.79 Å². The number of benzene rings is 1. The number of methoxy groups -OCH3 is 1. The van der Waals surface area contributed by atoms with Crippen LogP contribution in [0.2, 0.25) is 0 Å². The van der Waals surface area contributed by atoms with Gasteiger partial charge >= 0.3 is 5.97 Å². The first-order valence-corrected chi connectivity index (χ1v) is 6.01. The molecule has 0 aliphatic carbocycles. The van der Waals surface area contributed by atoms with E-state index in [4.69, 9.17) is 0 Å². The summed E-state index contributed by atoms with van der Waals surface area (Å²) in [6.45, 7) is 4.95. The molecule has 18 heavy (non-hydrogen) atoms. The zero-order valence-corrected chi connectivity index (χ0v) is 11.1. The van der Waals surface area contributed by atoms with E-state index in [1.165, 1.54) is 7.11 Å². The molecule has 0 aliphatic heterocycles. The van der Waals surface area contributed by atoms with E-state index >= 15 is 0 Å². The van der Waals surface area contributed by atoms with E-state index in [2.05, 4.69) is 4.74 Å². The minimum atomic E-state index is -0.333. The number of likely N-dealkylation sites (N-methyl/N-ethyl adjacent to an activating group) is 1. The molecule has 0 spiro atoms. The molecule has 0 atom stereocenters. The van der Waals surface area contributed by atoms with Crippen molar-refractivity contribution < 1.29 is 14.3 Å². The number of carbonyl (C=O) groups excluding carboxylic acids is 2. The van der Waals surface area contributed by atoms with Crippen LogP contribution in [0.25, 0.3) is 0 Å². The molecule has 0 aliphatic rings. The summed E-state index contributed by atoms with van der Waals surface area (Å²) in [5.41, 5.74) is 1.64. The molecule has 1 rings (SSSR count). The molecule has 98 valence electrons. The Hall–Kier alpha value is -1.84. The van der Waals surface area contributed by atoms with Gasteiger partial charge in [-0.15, -0.1) is 0 Å². The van der Waals surface area contributed by atoms with Gasteiger partial charge in [0.25, 0.3) is 0 Å². The van der Waals surface area contributed by atoms with Crippen molar-refractivity contribution in [2.24, 2.45) is 0 Å². The van der Waals surface area contributed by atoms with Gasteiger partial charge in [0.15, 0.2) is 0 Å². The lowest BCUT2D eigenvalue weighted by molar-refractivity contribution is -0.128. The number of esters is 1. The van der Waals surface area contributed by atoms with Crippen molar-refractivity contribution in [1.29, 1.82) is 0 Å². The minimum Gasteiger partial charge on any atom is -0.465 e. The van der Waals surface area contributed by atoms with Crippen molar-refractivity contribution in [3.63, 3.8) is 0 Å². The lowest BCUT2D eigenvalue weighted by Crippen LogP contribution is -2.30. The zero-order chi connectivity index (χ0) is 13.5. The van der Waals surface area contributed by atoms with Crippen LogP contribution in [0.1, 0.15) is 29.8 Å². The molecular weight excluding hydrogens is 230 g/mol. The summed E-state index contributed by atoms with van der Waals surface area (Å²) < 4.78 is 4.63. The molecule has 1 aromatic rings. The summed E-state index contributed by atoms with van der Waals surface area (Å²) in [6.07, 6.45) is 0.787. The van der Waals surface area contributed by atoms with Crippen molar-refractivity contribution in [1.82, 2.24) is 4.90 Å². The first-order valence-electron chi connectivity index (χ1n) is 6.01. The summed E-state index contributed by atoms with van der Waals surface area (Å²) in [4.78, 5) is 24.3. The summed E-state index contributed by atoms with van der Waals surface area (Å²) in [5, 5.41) is 0. The monoisotopic (exact) mass is 249 g/mol. The second-order valence-electron chi connectivity index (χ2n) is 4.04. The first-order chi connectivity index (χ1) is 8.58. The second kappa shape index (κ2) is 6.79. The van der Waals surface area contributed by atoms with Crippen LogP contribution >= 0.6 is 0 Å². The Labute approximate surface area is 108 Å². The number of rotatable bonds is 5. The number of nitrogens with zero attached hydrogens (tertiary/aromatic N) is 1. The smallest absolute Gasteiger partial charge is 0.337 e. The molecule has 4 nitrogen and oxygen atoms in total.